The molecule has 0 aromatic carbocycles. The van der Waals surface area contributed by atoms with Crippen molar-refractivity contribution in [2.75, 3.05) is 0 Å². The Hall–Kier alpha value is -1.13. The molecule has 2 rings (SSSR count). The Labute approximate surface area is 138 Å². The van der Waals surface area contributed by atoms with Crippen LogP contribution in [0.25, 0.3) is 0 Å². The van der Waals surface area contributed by atoms with Crippen LogP contribution in [0.2, 0.25) is 0 Å². The van der Waals surface area contributed by atoms with Crippen molar-refractivity contribution in [3.05, 3.63) is 23.3 Å². The van der Waals surface area contributed by atoms with Crippen LogP contribution in [0.15, 0.2) is 23.3 Å². The maximum absolute atomic E-state index is 10.8. The Bertz CT molecular complexity index is 521. The highest BCUT2D eigenvalue weighted by Crippen LogP contribution is 2.56. The van der Waals surface area contributed by atoms with Gasteiger partial charge in [0.05, 0.1) is 12.2 Å². The molecule has 0 aliphatic heterocycles. The molecule has 0 bridgehead atoms. The molecule has 1 saturated carbocycles. The van der Waals surface area contributed by atoms with Gasteiger partial charge in [0.2, 0.25) is 0 Å². The number of carboxylic acids is 1. The second kappa shape index (κ2) is 6.78. The summed E-state index contributed by atoms with van der Waals surface area (Å²) in [6.07, 6.45) is 5.49. The van der Waals surface area contributed by atoms with E-state index in [1.807, 2.05) is 13.0 Å². The molecular weight excluding hydrogens is 292 g/mol. The zero-order valence-corrected chi connectivity index (χ0v) is 14.6. The molecule has 0 aromatic rings. The summed E-state index contributed by atoms with van der Waals surface area (Å²) < 4.78 is 0. The largest absolute Gasteiger partial charge is 0.478 e. The minimum absolute atomic E-state index is 0.105. The van der Waals surface area contributed by atoms with Gasteiger partial charge in [0.25, 0.3) is 0 Å². The van der Waals surface area contributed by atoms with Crippen LogP contribution in [0.4, 0.5) is 0 Å². The van der Waals surface area contributed by atoms with Crippen molar-refractivity contribution in [3.8, 4) is 0 Å². The number of rotatable bonds is 4. The summed E-state index contributed by atoms with van der Waals surface area (Å²) in [4.78, 5) is 10.8. The topological polar surface area (TPSA) is 77.8 Å². The van der Waals surface area contributed by atoms with Crippen LogP contribution < -0.4 is 0 Å². The molecule has 23 heavy (non-hydrogen) atoms. The predicted molar refractivity (Wildman–Crippen MR) is 89.9 cm³/mol. The van der Waals surface area contributed by atoms with E-state index in [2.05, 4.69) is 20.8 Å². The minimum Gasteiger partial charge on any atom is -0.478 e. The molecular formula is C19H30O4. The molecule has 0 radical (unpaired) electrons. The lowest BCUT2D eigenvalue weighted by molar-refractivity contribution is -0.131. The molecule has 4 nitrogen and oxygen atoms in total. The van der Waals surface area contributed by atoms with Crippen molar-refractivity contribution in [2.24, 2.45) is 23.2 Å². The molecule has 2 aliphatic rings. The summed E-state index contributed by atoms with van der Waals surface area (Å²) in [6, 6.07) is 0. The van der Waals surface area contributed by atoms with Crippen molar-refractivity contribution in [1.29, 1.82) is 0 Å². The number of hydrogen-bond acceptors (Lipinski definition) is 3. The first kappa shape index (κ1) is 18.2. The number of allylic oxidation sites excluding steroid dienone is 2. The fourth-order valence-corrected chi connectivity index (χ4v) is 4.72. The molecule has 2 aliphatic carbocycles. The SMILES string of the molecule is CC1=C[C@@H](O)C[C@H]2[C@@H]1C[C@H](O)[C@@H](C)[C@]2(C)CC/C(C)=C/C(=O)O. The molecule has 0 unspecified atom stereocenters. The molecule has 130 valence electrons. The molecule has 6 atom stereocenters. The average Bonchev–Trinajstić information content (AvgIpc) is 2.44. The lowest BCUT2D eigenvalue weighted by atomic mass is 9.51. The third kappa shape index (κ3) is 3.69. The molecule has 0 saturated heterocycles. The molecule has 0 aromatic heterocycles. The summed E-state index contributed by atoms with van der Waals surface area (Å²) in [7, 11) is 0. The van der Waals surface area contributed by atoms with Crippen LogP contribution in [0, 0.1) is 23.2 Å². The van der Waals surface area contributed by atoms with E-state index in [0.29, 0.717) is 18.3 Å². The predicted octanol–water partition coefficient (Wildman–Crippen LogP) is 3.15. The zero-order valence-electron chi connectivity index (χ0n) is 14.6. The van der Waals surface area contributed by atoms with Gasteiger partial charge in [-0.15, -0.1) is 0 Å². The normalized spacial score (nSPS) is 41.2. The lowest BCUT2D eigenvalue weighted by Crippen LogP contribution is -2.51. The second-order valence-corrected chi connectivity index (χ2v) is 7.85. The van der Waals surface area contributed by atoms with Gasteiger partial charge < -0.3 is 15.3 Å². The van der Waals surface area contributed by atoms with Crippen molar-refractivity contribution < 1.29 is 20.1 Å². The first-order valence-electron chi connectivity index (χ1n) is 8.59. The number of hydrogen-bond donors (Lipinski definition) is 3. The van der Waals surface area contributed by atoms with E-state index in [1.54, 1.807) is 0 Å². The fourth-order valence-electron chi connectivity index (χ4n) is 4.72. The van der Waals surface area contributed by atoms with Gasteiger partial charge in [-0.3, -0.25) is 0 Å². The summed E-state index contributed by atoms with van der Waals surface area (Å²) in [5.74, 6) is -0.120. The Morgan fingerprint density at radius 3 is 2.65 bits per heavy atom. The number of aliphatic hydroxyl groups is 2. The summed E-state index contributed by atoms with van der Waals surface area (Å²) >= 11 is 0. The molecule has 0 amide bonds. The van der Waals surface area contributed by atoms with Crippen molar-refractivity contribution in [3.63, 3.8) is 0 Å². The zero-order chi connectivity index (χ0) is 17.4. The number of fused-ring (bicyclic) bond motifs is 1. The monoisotopic (exact) mass is 322 g/mol. The molecule has 3 N–H and O–H groups in total. The van der Waals surface area contributed by atoms with Crippen molar-refractivity contribution >= 4 is 5.97 Å². The third-order valence-corrected chi connectivity index (χ3v) is 6.41. The summed E-state index contributed by atoms with van der Waals surface area (Å²) in [5.41, 5.74) is 1.93. The second-order valence-electron chi connectivity index (χ2n) is 7.85. The Balaban J connectivity index is 2.25. The smallest absolute Gasteiger partial charge is 0.328 e. The Morgan fingerprint density at radius 1 is 1.39 bits per heavy atom. The molecule has 4 heteroatoms. The van der Waals surface area contributed by atoms with E-state index < -0.39 is 12.1 Å². The van der Waals surface area contributed by atoms with E-state index in [-0.39, 0.29) is 17.4 Å². The van der Waals surface area contributed by atoms with Crippen molar-refractivity contribution in [1.82, 2.24) is 0 Å². The van der Waals surface area contributed by atoms with Crippen LogP contribution in [-0.4, -0.2) is 33.5 Å². The quantitative estimate of drug-likeness (QED) is 0.549. The van der Waals surface area contributed by atoms with Gasteiger partial charge in [0, 0.05) is 6.08 Å². The van der Waals surface area contributed by atoms with Crippen LogP contribution in [0.3, 0.4) is 0 Å². The molecule has 0 spiro atoms. The standard InChI is InChI=1S/C19H30O4/c1-11(7-18(22)23)5-6-19(4)13(3)17(21)10-15-12(2)8-14(20)9-16(15)19/h7-8,13-17,20-21H,5-6,9-10H2,1-4H3,(H,22,23)/b11-7+/t13-,14-,15-,16+,17+,19+/m1/s1. The fraction of sp³-hybridized carbons (Fsp3) is 0.737. The minimum atomic E-state index is -0.908. The van der Waals surface area contributed by atoms with Gasteiger partial charge in [0.15, 0.2) is 0 Å². The number of carboxylic acid groups (broad SMARTS) is 1. The van der Waals surface area contributed by atoms with Crippen LogP contribution in [-0.2, 0) is 4.79 Å². The van der Waals surface area contributed by atoms with Crippen LogP contribution in [0.5, 0.6) is 0 Å². The number of aliphatic hydroxyl groups excluding tert-OH is 2. The lowest BCUT2D eigenvalue weighted by Gasteiger charge is -2.55. The van der Waals surface area contributed by atoms with Gasteiger partial charge in [-0.05, 0) is 62.7 Å². The van der Waals surface area contributed by atoms with E-state index in [0.717, 1.165) is 24.8 Å². The first-order chi connectivity index (χ1) is 10.6. The molecule has 1 fully saturated rings. The van der Waals surface area contributed by atoms with E-state index >= 15 is 0 Å². The Morgan fingerprint density at radius 2 is 2.04 bits per heavy atom. The number of carbonyl (C=O) groups is 1. The van der Waals surface area contributed by atoms with Gasteiger partial charge in [-0.2, -0.15) is 0 Å². The maximum Gasteiger partial charge on any atom is 0.328 e. The Kier molecular flexibility index (Phi) is 5.37. The van der Waals surface area contributed by atoms with Gasteiger partial charge in [-0.1, -0.05) is 31.1 Å². The summed E-state index contributed by atoms with van der Waals surface area (Å²) in [6.45, 7) is 8.20. The highest BCUT2D eigenvalue weighted by Gasteiger charge is 2.51. The van der Waals surface area contributed by atoms with Crippen LogP contribution in [0.1, 0.15) is 53.4 Å². The van der Waals surface area contributed by atoms with E-state index in [1.165, 1.54) is 11.6 Å². The van der Waals surface area contributed by atoms with Gasteiger partial charge >= 0.3 is 5.97 Å². The third-order valence-electron chi connectivity index (χ3n) is 6.41. The van der Waals surface area contributed by atoms with Crippen molar-refractivity contribution in [2.45, 2.75) is 65.6 Å². The highest BCUT2D eigenvalue weighted by atomic mass is 16.4. The molecule has 0 heterocycles. The maximum atomic E-state index is 10.8. The van der Waals surface area contributed by atoms with E-state index in [4.69, 9.17) is 5.11 Å². The van der Waals surface area contributed by atoms with Gasteiger partial charge in [-0.25, -0.2) is 4.79 Å². The average molecular weight is 322 g/mol. The number of aliphatic carboxylic acids is 1. The summed E-state index contributed by atoms with van der Waals surface area (Å²) in [5, 5.41) is 29.6. The highest BCUT2D eigenvalue weighted by molar-refractivity contribution is 5.80. The van der Waals surface area contributed by atoms with Gasteiger partial charge in [0.1, 0.15) is 0 Å². The first-order valence-corrected chi connectivity index (χ1v) is 8.59. The van der Waals surface area contributed by atoms with E-state index in [9.17, 15) is 15.0 Å². The van der Waals surface area contributed by atoms with Crippen LogP contribution >= 0.6 is 0 Å².